The number of benzene rings is 2. The summed E-state index contributed by atoms with van der Waals surface area (Å²) in [5, 5.41) is 2.28. The number of allylic oxidation sites excluding steroid dienone is 3. The van der Waals surface area contributed by atoms with E-state index >= 15 is 0 Å². The lowest BCUT2D eigenvalue weighted by Crippen LogP contribution is -2.29. The molecule has 2 aromatic carbocycles. The first-order chi connectivity index (χ1) is 11.5. The summed E-state index contributed by atoms with van der Waals surface area (Å²) in [6.45, 7) is 3.49. The second kappa shape index (κ2) is 7.45. The van der Waals surface area contributed by atoms with Gasteiger partial charge >= 0.3 is 0 Å². The Morgan fingerprint density at radius 2 is 1.96 bits per heavy atom. The van der Waals surface area contributed by atoms with E-state index in [0.717, 1.165) is 28.4 Å². The smallest absolute Gasteiger partial charge is 0.176 e. The molecule has 3 heteroatoms. The Balaban J connectivity index is 1.68. The predicted octanol–water partition coefficient (Wildman–Crippen LogP) is 5.20. The van der Waals surface area contributed by atoms with Crippen molar-refractivity contribution in [1.29, 1.82) is 0 Å². The number of fused-ring (bicyclic) bond motifs is 1. The summed E-state index contributed by atoms with van der Waals surface area (Å²) in [6.07, 6.45) is 5.44. The first-order valence-corrected chi connectivity index (χ1v) is 9.09. The van der Waals surface area contributed by atoms with E-state index in [2.05, 4.69) is 46.0 Å². The third-order valence-corrected chi connectivity index (χ3v) is 5.11. The first-order valence-electron chi connectivity index (χ1n) is 8.29. The monoisotopic (exact) mass is 383 g/mol. The standard InChI is InChI=1S/C21H22BrNO/c1-15-7-10-20(22)12-19(15)13-23(2)14-21(24)18-9-8-16-5-3-4-6-17(16)11-18/h3-6,8-12,15H,7,13-14H2,1-2H3. The van der Waals surface area contributed by atoms with Crippen LogP contribution in [0.1, 0.15) is 23.7 Å². The molecular weight excluding hydrogens is 362 g/mol. The molecule has 0 N–H and O–H groups in total. The van der Waals surface area contributed by atoms with Gasteiger partial charge in [-0.25, -0.2) is 0 Å². The molecular formula is C21H22BrNO. The van der Waals surface area contributed by atoms with Gasteiger partial charge in [-0.05, 0) is 42.3 Å². The minimum Gasteiger partial charge on any atom is -0.295 e. The largest absolute Gasteiger partial charge is 0.295 e. The van der Waals surface area contributed by atoms with Crippen LogP contribution < -0.4 is 0 Å². The number of likely N-dealkylation sites (N-methyl/N-ethyl adjacent to an activating group) is 1. The third-order valence-electron chi connectivity index (χ3n) is 4.56. The van der Waals surface area contributed by atoms with E-state index in [1.54, 1.807) is 0 Å². The van der Waals surface area contributed by atoms with Crippen molar-refractivity contribution in [2.24, 2.45) is 5.92 Å². The zero-order valence-electron chi connectivity index (χ0n) is 14.1. The lowest BCUT2D eigenvalue weighted by Gasteiger charge is -2.24. The first kappa shape index (κ1) is 17.1. The third kappa shape index (κ3) is 4.03. The van der Waals surface area contributed by atoms with Gasteiger partial charge in [-0.1, -0.05) is 70.9 Å². The second-order valence-electron chi connectivity index (χ2n) is 6.60. The molecule has 1 aliphatic carbocycles. The zero-order chi connectivity index (χ0) is 17.1. The van der Waals surface area contributed by atoms with Crippen LogP contribution in [0.4, 0.5) is 0 Å². The number of carbonyl (C=O) groups is 1. The van der Waals surface area contributed by atoms with Gasteiger partial charge in [-0.3, -0.25) is 9.69 Å². The molecule has 0 saturated carbocycles. The van der Waals surface area contributed by atoms with E-state index in [-0.39, 0.29) is 5.78 Å². The van der Waals surface area contributed by atoms with E-state index in [1.807, 2.05) is 43.4 Å². The number of halogens is 1. The normalized spacial score (nSPS) is 17.8. The Kier molecular flexibility index (Phi) is 5.32. The molecule has 0 radical (unpaired) electrons. The van der Waals surface area contributed by atoms with E-state index in [0.29, 0.717) is 12.5 Å². The van der Waals surface area contributed by atoms with E-state index in [9.17, 15) is 4.79 Å². The van der Waals surface area contributed by atoms with Crippen LogP contribution in [0.15, 0.2) is 64.7 Å². The number of rotatable bonds is 5. The molecule has 1 atom stereocenters. The molecule has 3 rings (SSSR count). The summed E-state index contributed by atoms with van der Waals surface area (Å²) < 4.78 is 1.14. The Bertz CT molecular complexity index is 821. The van der Waals surface area contributed by atoms with Gasteiger partial charge in [0, 0.05) is 16.6 Å². The maximum Gasteiger partial charge on any atom is 0.176 e. The summed E-state index contributed by atoms with van der Waals surface area (Å²) in [4.78, 5) is 14.7. The number of carbonyl (C=O) groups excluding carboxylic acids is 1. The van der Waals surface area contributed by atoms with Gasteiger partial charge in [0.15, 0.2) is 5.78 Å². The maximum absolute atomic E-state index is 12.6. The molecule has 124 valence electrons. The van der Waals surface area contributed by atoms with Gasteiger partial charge in [0.05, 0.1) is 6.54 Å². The van der Waals surface area contributed by atoms with Crippen molar-refractivity contribution >= 4 is 32.5 Å². The van der Waals surface area contributed by atoms with Gasteiger partial charge in [-0.15, -0.1) is 0 Å². The Morgan fingerprint density at radius 1 is 1.21 bits per heavy atom. The fourth-order valence-corrected chi connectivity index (χ4v) is 3.57. The molecule has 0 amide bonds. The van der Waals surface area contributed by atoms with Crippen LogP contribution >= 0.6 is 15.9 Å². The maximum atomic E-state index is 12.6. The SMILES string of the molecule is CC1CC=C(Br)C=C1CN(C)CC(=O)c1ccc2ccccc2c1. The van der Waals surface area contributed by atoms with Crippen LogP contribution in [0.5, 0.6) is 0 Å². The highest BCUT2D eigenvalue weighted by atomic mass is 79.9. The quantitative estimate of drug-likeness (QED) is 0.661. The Hall–Kier alpha value is -1.71. The van der Waals surface area contributed by atoms with E-state index in [1.165, 1.54) is 11.0 Å². The average Bonchev–Trinajstić information content (AvgIpc) is 2.57. The highest BCUT2D eigenvalue weighted by Crippen LogP contribution is 2.26. The van der Waals surface area contributed by atoms with Crippen molar-refractivity contribution in [3.63, 3.8) is 0 Å². The fourth-order valence-electron chi connectivity index (χ4n) is 3.09. The van der Waals surface area contributed by atoms with E-state index in [4.69, 9.17) is 0 Å². The zero-order valence-corrected chi connectivity index (χ0v) is 15.7. The van der Waals surface area contributed by atoms with Crippen molar-refractivity contribution in [3.8, 4) is 0 Å². The van der Waals surface area contributed by atoms with Crippen LogP contribution in [-0.4, -0.2) is 30.8 Å². The highest BCUT2D eigenvalue weighted by molar-refractivity contribution is 9.11. The summed E-state index contributed by atoms with van der Waals surface area (Å²) >= 11 is 3.56. The Labute approximate surface area is 152 Å². The number of hydrogen-bond donors (Lipinski definition) is 0. The molecule has 1 unspecified atom stereocenters. The molecule has 2 nitrogen and oxygen atoms in total. The summed E-state index contributed by atoms with van der Waals surface area (Å²) in [5.41, 5.74) is 2.16. The van der Waals surface area contributed by atoms with Gasteiger partial charge < -0.3 is 0 Å². The molecule has 0 fully saturated rings. The molecule has 0 spiro atoms. The minimum absolute atomic E-state index is 0.168. The lowest BCUT2D eigenvalue weighted by atomic mass is 9.93. The van der Waals surface area contributed by atoms with Gasteiger partial charge in [0.1, 0.15) is 0 Å². The highest BCUT2D eigenvalue weighted by Gasteiger charge is 2.16. The van der Waals surface area contributed by atoms with Crippen molar-refractivity contribution in [2.45, 2.75) is 13.3 Å². The molecule has 0 heterocycles. The fraction of sp³-hybridized carbons (Fsp3) is 0.286. The predicted molar refractivity (Wildman–Crippen MR) is 105 cm³/mol. The molecule has 0 aromatic heterocycles. The minimum atomic E-state index is 0.168. The summed E-state index contributed by atoms with van der Waals surface area (Å²) in [7, 11) is 2.01. The van der Waals surface area contributed by atoms with Gasteiger partial charge in [0.2, 0.25) is 0 Å². The van der Waals surface area contributed by atoms with Crippen LogP contribution in [0.2, 0.25) is 0 Å². The Morgan fingerprint density at radius 3 is 2.75 bits per heavy atom. The number of Topliss-reactive ketones (excluding diaryl/α,β-unsaturated/α-hetero) is 1. The van der Waals surface area contributed by atoms with Crippen molar-refractivity contribution < 1.29 is 4.79 Å². The molecule has 24 heavy (non-hydrogen) atoms. The molecule has 0 bridgehead atoms. The summed E-state index contributed by atoms with van der Waals surface area (Å²) in [5.74, 6) is 0.700. The van der Waals surface area contributed by atoms with Gasteiger partial charge in [-0.2, -0.15) is 0 Å². The number of ketones is 1. The number of hydrogen-bond acceptors (Lipinski definition) is 2. The van der Waals surface area contributed by atoms with Crippen molar-refractivity contribution in [3.05, 3.63) is 70.2 Å². The number of nitrogens with zero attached hydrogens (tertiary/aromatic N) is 1. The van der Waals surface area contributed by atoms with E-state index < -0.39 is 0 Å². The van der Waals surface area contributed by atoms with Gasteiger partial charge in [0.25, 0.3) is 0 Å². The molecule has 1 aliphatic rings. The second-order valence-corrected chi connectivity index (χ2v) is 7.52. The molecule has 0 aliphatic heterocycles. The lowest BCUT2D eigenvalue weighted by molar-refractivity contribution is 0.0950. The molecule has 0 saturated heterocycles. The van der Waals surface area contributed by atoms with Crippen molar-refractivity contribution in [2.75, 3.05) is 20.1 Å². The topological polar surface area (TPSA) is 20.3 Å². The van der Waals surface area contributed by atoms with Crippen molar-refractivity contribution in [1.82, 2.24) is 4.90 Å². The van der Waals surface area contributed by atoms with Crippen LogP contribution in [0, 0.1) is 5.92 Å². The van der Waals surface area contributed by atoms with Crippen LogP contribution in [0.3, 0.4) is 0 Å². The van der Waals surface area contributed by atoms with Crippen LogP contribution in [0.25, 0.3) is 10.8 Å². The summed E-state index contributed by atoms with van der Waals surface area (Å²) in [6, 6.07) is 14.1. The molecule has 2 aromatic rings. The average molecular weight is 384 g/mol. The van der Waals surface area contributed by atoms with Crippen LogP contribution in [-0.2, 0) is 0 Å².